The van der Waals surface area contributed by atoms with E-state index in [2.05, 4.69) is 26.2 Å². The Bertz CT molecular complexity index is 1000. The van der Waals surface area contributed by atoms with Crippen LogP contribution in [0.15, 0.2) is 28.9 Å². The predicted molar refractivity (Wildman–Crippen MR) is 107 cm³/mol. The van der Waals surface area contributed by atoms with E-state index in [9.17, 15) is 22.4 Å². The van der Waals surface area contributed by atoms with Gasteiger partial charge in [0.05, 0.1) is 22.8 Å². The Morgan fingerprint density at radius 1 is 1.42 bits per heavy atom. The van der Waals surface area contributed by atoms with Gasteiger partial charge in [-0.1, -0.05) is 11.6 Å². The van der Waals surface area contributed by atoms with Gasteiger partial charge in [-0.3, -0.25) is 4.79 Å². The Morgan fingerprint density at radius 3 is 2.74 bits per heavy atom. The van der Waals surface area contributed by atoms with E-state index in [0.717, 1.165) is 0 Å². The molecule has 1 N–H and O–H groups in total. The number of anilines is 1. The highest BCUT2D eigenvalue weighted by Gasteiger charge is 2.37. The van der Waals surface area contributed by atoms with Crippen LogP contribution in [-0.4, -0.2) is 36.0 Å². The van der Waals surface area contributed by atoms with Crippen LogP contribution in [0.1, 0.15) is 29.8 Å². The molecule has 6 nitrogen and oxygen atoms in total. The molecule has 0 bridgehead atoms. The molecule has 168 valence electrons. The van der Waals surface area contributed by atoms with Crippen molar-refractivity contribution in [3.63, 3.8) is 0 Å². The fourth-order valence-electron chi connectivity index (χ4n) is 2.79. The third-order valence-electron chi connectivity index (χ3n) is 4.17. The van der Waals surface area contributed by atoms with Gasteiger partial charge in [0.2, 0.25) is 5.88 Å². The fourth-order valence-corrected chi connectivity index (χ4v) is 3.63. The maximum absolute atomic E-state index is 14.5. The van der Waals surface area contributed by atoms with Gasteiger partial charge >= 0.3 is 6.18 Å². The van der Waals surface area contributed by atoms with E-state index in [1.165, 1.54) is 18.3 Å². The summed E-state index contributed by atoms with van der Waals surface area (Å²) in [5.74, 6) is -3.06. The summed E-state index contributed by atoms with van der Waals surface area (Å²) in [4.78, 5) is 16.5. The SMILES string of the molecule is CC1(C)OC[C@H](COc2cc(NC(=O)c3c(Br)cc(C(F)(F)F)c(Cl)c3F)ccn2)O1. The number of alkyl halides is 3. The number of carbonyl (C=O) groups is 1. The van der Waals surface area contributed by atoms with E-state index in [0.29, 0.717) is 12.7 Å². The molecule has 0 saturated carbocycles. The minimum atomic E-state index is -4.88. The lowest BCUT2D eigenvalue weighted by Crippen LogP contribution is -2.25. The Labute approximate surface area is 188 Å². The Hall–Kier alpha value is -1.95. The second-order valence-electron chi connectivity index (χ2n) is 7.01. The molecule has 1 atom stereocenters. The van der Waals surface area contributed by atoms with Crippen molar-refractivity contribution in [2.24, 2.45) is 0 Å². The van der Waals surface area contributed by atoms with Crippen LogP contribution in [0.2, 0.25) is 5.02 Å². The van der Waals surface area contributed by atoms with Crippen LogP contribution in [0.4, 0.5) is 23.2 Å². The van der Waals surface area contributed by atoms with Crippen LogP contribution in [0, 0.1) is 5.82 Å². The van der Waals surface area contributed by atoms with E-state index < -0.39 is 44.3 Å². The first-order valence-corrected chi connectivity index (χ1v) is 10.0. The van der Waals surface area contributed by atoms with Gasteiger partial charge in [-0.05, 0) is 41.9 Å². The summed E-state index contributed by atoms with van der Waals surface area (Å²) in [7, 11) is 0. The Balaban J connectivity index is 1.73. The molecule has 2 aromatic rings. The largest absolute Gasteiger partial charge is 0.475 e. The molecule has 1 aromatic carbocycles. The van der Waals surface area contributed by atoms with E-state index in [4.69, 9.17) is 25.8 Å². The highest BCUT2D eigenvalue weighted by molar-refractivity contribution is 9.10. The van der Waals surface area contributed by atoms with Gasteiger partial charge in [-0.2, -0.15) is 13.2 Å². The number of amides is 1. The zero-order valence-corrected chi connectivity index (χ0v) is 18.5. The molecule has 1 aliphatic rings. The van der Waals surface area contributed by atoms with Crippen LogP contribution < -0.4 is 10.1 Å². The van der Waals surface area contributed by atoms with E-state index in [1.54, 1.807) is 13.8 Å². The molecule has 1 aliphatic heterocycles. The summed E-state index contributed by atoms with van der Waals surface area (Å²) in [5, 5.41) is 1.19. The lowest BCUT2D eigenvalue weighted by atomic mass is 10.1. The van der Waals surface area contributed by atoms with Crippen LogP contribution in [0.5, 0.6) is 5.88 Å². The average molecular weight is 528 g/mol. The minimum Gasteiger partial charge on any atom is -0.475 e. The zero-order valence-electron chi connectivity index (χ0n) is 16.1. The highest BCUT2D eigenvalue weighted by Crippen LogP contribution is 2.40. The van der Waals surface area contributed by atoms with Gasteiger partial charge in [0.1, 0.15) is 12.7 Å². The first-order chi connectivity index (χ1) is 14.4. The summed E-state index contributed by atoms with van der Waals surface area (Å²) < 4.78 is 69.5. The number of benzene rings is 1. The normalized spacial score (nSPS) is 18.1. The molecule has 2 heterocycles. The molecule has 12 heteroatoms. The van der Waals surface area contributed by atoms with Gasteiger partial charge in [0.25, 0.3) is 5.91 Å². The van der Waals surface area contributed by atoms with E-state index in [-0.39, 0.29) is 24.3 Å². The maximum atomic E-state index is 14.5. The first-order valence-electron chi connectivity index (χ1n) is 8.84. The molecule has 0 spiro atoms. The number of nitrogens with zero attached hydrogens (tertiary/aromatic N) is 1. The van der Waals surface area contributed by atoms with Crippen LogP contribution >= 0.6 is 27.5 Å². The number of carbonyl (C=O) groups excluding carboxylic acids is 1. The third kappa shape index (κ3) is 5.65. The summed E-state index contributed by atoms with van der Waals surface area (Å²) in [6.07, 6.45) is -3.85. The molecule has 1 aromatic heterocycles. The topological polar surface area (TPSA) is 69.7 Å². The fraction of sp³-hybridized carbons (Fsp3) is 0.368. The van der Waals surface area contributed by atoms with Crippen LogP contribution in [-0.2, 0) is 15.7 Å². The van der Waals surface area contributed by atoms with E-state index in [1.807, 2.05) is 0 Å². The molecule has 1 saturated heterocycles. The zero-order chi connectivity index (χ0) is 23.0. The molecule has 0 radical (unpaired) electrons. The smallest absolute Gasteiger partial charge is 0.417 e. The quantitative estimate of drug-likeness (QED) is 0.414. The summed E-state index contributed by atoms with van der Waals surface area (Å²) in [6.45, 7) is 4.02. The van der Waals surface area contributed by atoms with Gasteiger partial charge in [-0.15, -0.1) is 0 Å². The van der Waals surface area contributed by atoms with Crippen molar-refractivity contribution in [1.82, 2.24) is 4.98 Å². The van der Waals surface area contributed by atoms with Crippen LogP contribution in [0.3, 0.4) is 0 Å². The number of pyridine rings is 1. The van der Waals surface area contributed by atoms with Crippen molar-refractivity contribution in [3.8, 4) is 5.88 Å². The summed E-state index contributed by atoms with van der Waals surface area (Å²) >= 11 is 8.31. The number of hydrogen-bond acceptors (Lipinski definition) is 5. The highest BCUT2D eigenvalue weighted by atomic mass is 79.9. The predicted octanol–water partition coefficient (Wildman–Crippen LogP) is 5.44. The second-order valence-corrected chi connectivity index (χ2v) is 8.24. The lowest BCUT2D eigenvalue weighted by Gasteiger charge is -2.17. The maximum Gasteiger partial charge on any atom is 0.417 e. The number of hydrogen-bond donors (Lipinski definition) is 1. The van der Waals surface area contributed by atoms with Gasteiger partial charge < -0.3 is 19.5 Å². The number of halogens is 6. The third-order valence-corrected chi connectivity index (χ3v) is 5.16. The van der Waals surface area contributed by atoms with Gasteiger partial charge in [0.15, 0.2) is 11.6 Å². The van der Waals surface area contributed by atoms with Crippen molar-refractivity contribution >= 4 is 39.1 Å². The molecule has 0 aliphatic carbocycles. The first kappa shape index (κ1) is 23.7. The molecule has 0 unspecified atom stereocenters. The van der Waals surface area contributed by atoms with Gasteiger partial charge in [-0.25, -0.2) is 9.37 Å². The number of rotatable bonds is 5. The summed E-state index contributed by atoms with van der Waals surface area (Å²) in [5.41, 5.74) is -1.88. The van der Waals surface area contributed by atoms with Crippen molar-refractivity contribution in [3.05, 3.63) is 50.8 Å². The van der Waals surface area contributed by atoms with Gasteiger partial charge in [0, 0.05) is 22.4 Å². The molecular formula is C19H16BrClF4N2O4. The average Bonchev–Trinajstić information content (AvgIpc) is 3.01. The standard InChI is InChI=1S/C19H16BrClF4N2O4/c1-18(2)30-8-10(31-18)7-29-13-5-9(3-4-26-13)27-17(28)14-12(20)6-11(19(23,24)25)15(21)16(14)22/h3-6,10H,7-8H2,1-2H3,(H,26,27,28)/t10-/m0/s1. The monoisotopic (exact) mass is 526 g/mol. The molecule has 1 amide bonds. The lowest BCUT2D eigenvalue weighted by molar-refractivity contribution is -0.141. The van der Waals surface area contributed by atoms with Crippen molar-refractivity contribution in [2.75, 3.05) is 18.5 Å². The van der Waals surface area contributed by atoms with Crippen molar-refractivity contribution in [1.29, 1.82) is 0 Å². The Morgan fingerprint density at radius 2 is 2.13 bits per heavy atom. The van der Waals surface area contributed by atoms with E-state index >= 15 is 0 Å². The van der Waals surface area contributed by atoms with Crippen molar-refractivity contribution < 1.29 is 36.6 Å². The summed E-state index contributed by atoms with van der Waals surface area (Å²) in [6, 6.07) is 3.32. The second kappa shape index (κ2) is 8.89. The number of nitrogens with one attached hydrogen (secondary N) is 1. The van der Waals surface area contributed by atoms with Crippen molar-refractivity contribution in [2.45, 2.75) is 31.9 Å². The molecule has 1 fully saturated rings. The molecular weight excluding hydrogens is 512 g/mol. The van der Waals surface area contributed by atoms with Crippen LogP contribution in [0.25, 0.3) is 0 Å². The number of ether oxygens (including phenoxy) is 3. The Kier molecular flexibility index (Phi) is 6.80. The molecule has 31 heavy (non-hydrogen) atoms. The minimum absolute atomic E-state index is 0.141. The number of aromatic nitrogens is 1. The molecule has 3 rings (SSSR count).